The standard InChI is InChI=1S/C12H15FN2O2S/c1-15(7-4-5-18-6-7)9-3-2-8(13)11(14)10(9)12(16)17/h2-3,7H,4-6,14H2,1H3,(H,16,17). The van der Waals surface area contributed by atoms with Gasteiger partial charge in [-0.1, -0.05) is 0 Å². The van der Waals surface area contributed by atoms with Crippen LogP contribution in [-0.2, 0) is 0 Å². The van der Waals surface area contributed by atoms with Gasteiger partial charge >= 0.3 is 5.97 Å². The van der Waals surface area contributed by atoms with E-state index in [4.69, 9.17) is 5.73 Å². The van der Waals surface area contributed by atoms with Gasteiger partial charge in [0.2, 0.25) is 0 Å². The maximum absolute atomic E-state index is 13.3. The van der Waals surface area contributed by atoms with Gasteiger partial charge in [-0.05, 0) is 24.3 Å². The van der Waals surface area contributed by atoms with Crippen LogP contribution in [0.2, 0.25) is 0 Å². The van der Waals surface area contributed by atoms with E-state index in [-0.39, 0.29) is 17.3 Å². The first-order valence-electron chi connectivity index (χ1n) is 5.64. The maximum atomic E-state index is 13.3. The number of nitrogen functional groups attached to an aromatic ring is 1. The molecule has 1 fully saturated rings. The van der Waals surface area contributed by atoms with Crippen molar-refractivity contribution in [2.24, 2.45) is 0 Å². The zero-order valence-electron chi connectivity index (χ0n) is 10.0. The number of carbonyl (C=O) groups is 1. The van der Waals surface area contributed by atoms with E-state index in [1.807, 2.05) is 23.7 Å². The zero-order valence-corrected chi connectivity index (χ0v) is 10.8. The van der Waals surface area contributed by atoms with Gasteiger partial charge < -0.3 is 15.7 Å². The van der Waals surface area contributed by atoms with Crippen molar-refractivity contribution in [1.82, 2.24) is 0 Å². The smallest absolute Gasteiger partial charge is 0.340 e. The molecule has 18 heavy (non-hydrogen) atoms. The van der Waals surface area contributed by atoms with E-state index in [1.54, 1.807) is 0 Å². The molecular formula is C12H15FN2O2S. The molecule has 6 heteroatoms. The second-order valence-electron chi connectivity index (χ2n) is 4.29. The highest BCUT2D eigenvalue weighted by atomic mass is 32.2. The molecule has 2 rings (SSSR count). The molecule has 0 radical (unpaired) electrons. The summed E-state index contributed by atoms with van der Waals surface area (Å²) < 4.78 is 13.3. The number of benzene rings is 1. The highest BCUT2D eigenvalue weighted by Crippen LogP contribution is 2.32. The van der Waals surface area contributed by atoms with Gasteiger partial charge in [-0.2, -0.15) is 11.8 Å². The largest absolute Gasteiger partial charge is 0.478 e. The first-order chi connectivity index (χ1) is 8.52. The maximum Gasteiger partial charge on any atom is 0.340 e. The van der Waals surface area contributed by atoms with Gasteiger partial charge in [-0.3, -0.25) is 0 Å². The van der Waals surface area contributed by atoms with Crippen LogP contribution in [0.3, 0.4) is 0 Å². The van der Waals surface area contributed by atoms with Crippen molar-refractivity contribution >= 4 is 29.1 Å². The summed E-state index contributed by atoms with van der Waals surface area (Å²) in [6.07, 6.45) is 0.998. The molecular weight excluding hydrogens is 255 g/mol. The third kappa shape index (κ3) is 2.25. The fourth-order valence-corrected chi connectivity index (χ4v) is 3.39. The molecule has 4 nitrogen and oxygen atoms in total. The van der Waals surface area contributed by atoms with Gasteiger partial charge in [0.1, 0.15) is 11.4 Å². The average molecular weight is 270 g/mol. The molecule has 1 heterocycles. The summed E-state index contributed by atoms with van der Waals surface area (Å²) in [5, 5.41) is 9.18. The molecule has 3 N–H and O–H groups in total. The van der Waals surface area contributed by atoms with Crippen LogP contribution in [-0.4, -0.2) is 35.7 Å². The Hall–Kier alpha value is -1.43. The third-order valence-corrected chi connectivity index (χ3v) is 4.36. The van der Waals surface area contributed by atoms with Gasteiger partial charge in [-0.25, -0.2) is 9.18 Å². The number of rotatable bonds is 3. The monoisotopic (exact) mass is 270 g/mol. The van der Waals surface area contributed by atoms with Crippen molar-refractivity contribution in [1.29, 1.82) is 0 Å². The number of hydrogen-bond donors (Lipinski definition) is 2. The summed E-state index contributed by atoms with van der Waals surface area (Å²) in [6, 6.07) is 2.98. The number of nitrogens with zero attached hydrogens (tertiary/aromatic N) is 1. The van der Waals surface area contributed by atoms with E-state index in [1.165, 1.54) is 12.1 Å². The summed E-state index contributed by atoms with van der Waals surface area (Å²) >= 11 is 1.83. The quantitative estimate of drug-likeness (QED) is 0.823. The molecule has 1 aromatic carbocycles. The Morgan fingerprint density at radius 3 is 2.89 bits per heavy atom. The molecule has 0 saturated carbocycles. The van der Waals surface area contributed by atoms with E-state index in [9.17, 15) is 14.3 Å². The number of carboxylic acids is 1. The summed E-state index contributed by atoms with van der Waals surface area (Å²) in [7, 11) is 1.83. The van der Waals surface area contributed by atoms with Crippen molar-refractivity contribution in [2.45, 2.75) is 12.5 Å². The fourth-order valence-electron chi connectivity index (χ4n) is 2.13. The topological polar surface area (TPSA) is 66.6 Å². The molecule has 1 atom stereocenters. The fraction of sp³-hybridized carbons (Fsp3) is 0.417. The van der Waals surface area contributed by atoms with E-state index < -0.39 is 11.8 Å². The first kappa shape index (κ1) is 13.0. The molecule has 1 aromatic rings. The minimum atomic E-state index is -1.19. The van der Waals surface area contributed by atoms with Crippen LogP contribution in [0.25, 0.3) is 0 Å². The highest BCUT2D eigenvalue weighted by molar-refractivity contribution is 7.99. The second kappa shape index (κ2) is 5.06. The number of halogens is 1. The number of thioether (sulfide) groups is 1. The summed E-state index contributed by atoms with van der Waals surface area (Å²) in [5.41, 5.74) is 5.58. The Balaban J connectivity index is 2.43. The summed E-state index contributed by atoms with van der Waals surface area (Å²) in [5.74, 6) is 0.130. The molecule has 1 aliphatic heterocycles. The Morgan fingerprint density at radius 2 is 2.33 bits per heavy atom. The molecule has 98 valence electrons. The molecule has 0 amide bonds. The van der Waals surface area contributed by atoms with Gasteiger partial charge in [0.05, 0.1) is 11.4 Å². The number of anilines is 2. The van der Waals surface area contributed by atoms with Crippen molar-refractivity contribution in [3.8, 4) is 0 Å². The Morgan fingerprint density at radius 1 is 1.61 bits per heavy atom. The number of nitrogens with two attached hydrogens (primary N) is 1. The van der Waals surface area contributed by atoms with Crippen LogP contribution < -0.4 is 10.6 Å². The highest BCUT2D eigenvalue weighted by Gasteiger charge is 2.26. The van der Waals surface area contributed by atoms with Gasteiger partial charge in [-0.15, -0.1) is 0 Å². The zero-order chi connectivity index (χ0) is 13.3. The third-order valence-electron chi connectivity index (χ3n) is 3.22. The normalized spacial score (nSPS) is 18.9. The van der Waals surface area contributed by atoms with Crippen molar-refractivity contribution < 1.29 is 14.3 Å². The lowest BCUT2D eigenvalue weighted by atomic mass is 10.1. The predicted octanol–water partition coefficient (Wildman–Crippen LogP) is 2.05. The minimum Gasteiger partial charge on any atom is -0.478 e. The number of carboxylic acid groups (broad SMARTS) is 1. The lowest BCUT2D eigenvalue weighted by Gasteiger charge is -2.27. The van der Waals surface area contributed by atoms with Crippen molar-refractivity contribution in [2.75, 3.05) is 29.2 Å². The molecule has 0 aromatic heterocycles. The van der Waals surface area contributed by atoms with E-state index in [0.29, 0.717) is 5.69 Å². The van der Waals surface area contributed by atoms with Gasteiger partial charge in [0.15, 0.2) is 0 Å². The molecule has 0 spiro atoms. The van der Waals surface area contributed by atoms with E-state index >= 15 is 0 Å². The van der Waals surface area contributed by atoms with Crippen molar-refractivity contribution in [3.05, 3.63) is 23.5 Å². The predicted molar refractivity (Wildman–Crippen MR) is 71.9 cm³/mol. The van der Waals surface area contributed by atoms with Gasteiger partial charge in [0.25, 0.3) is 0 Å². The second-order valence-corrected chi connectivity index (χ2v) is 5.44. The molecule has 1 saturated heterocycles. The summed E-state index contributed by atoms with van der Waals surface area (Å²) in [4.78, 5) is 13.1. The van der Waals surface area contributed by atoms with E-state index in [2.05, 4.69) is 0 Å². The minimum absolute atomic E-state index is 0.144. The molecule has 0 aliphatic carbocycles. The van der Waals surface area contributed by atoms with Crippen LogP contribution >= 0.6 is 11.8 Å². The van der Waals surface area contributed by atoms with Crippen LogP contribution in [0.15, 0.2) is 12.1 Å². The van der Waals surface area contributed by atoms with Crippen LogP contribution in [0.4, 0.5) is 15.8 Å². The molecule has 0 bridgehead atoms. The number of aromatic carboxylic acids is 1. The van der Waals surface area contributed by atoms with Crippen LogP contribution in [0.5, 0.6) is 0 Å². The average Bonchev–Trinajstić information content (AvgIpc) is 2.84. The first-order valence-corrected chi connectivity index (χ1v) is 6.79. The van der Waals surface area contributed by atoms with Crippen LogP contribution in [0.1, 0.15) is 16.8 Å². The summed E-state index contributed by atoms with van der Waals surface area (Å²) in [6.45, 7) is 0. The Kier molecular flexibility index (Phi) is 3.65. The SMILES string of the molecule is CN(c1ccc(F)c(N)c1C(=O)O)C1CCSC1. The van der Waals surface area contributed by atoms with Gasteiger partial charge in [0, 0.05) is 18.8 Å². The molecule has 1 aliphatic rings. The lowest BCUT2D eigenvalue weighted by molar-refractivity contribution is 0.0698. The Labute approximate surface area is 109 Å². The lowest BCUT2D eigenvalue weighted by Crippen LogP contribution is -2.32. The Bertz CT molecular complexity index is 475. The van der Waals surface area contributed by atoms with Crippen LogP contribution in [0, 0.1) is 5.82 Å². The van der Waals surface area contributed by atoms with E-state index in [0.717, 1.165) is 17.9 Å². The number of hydrogen-bond acceptors (Lipinski definition) is 4. The van der Waals surface area contributed by atoms with Crippen molar-refractivity contribution in [3.63, 3.8) is 0 Å². The molecule has 1 unspecified atom stereocenters.